The Balaban J connectivity index is 1.45. The molecule has 1 aliphatic rings. The van der Waals surface area contributed by atoms with Crippen LogP contribution in [0.15, 0.2) is 77.7 Å². The zero-order chi connectivity index (χ0) is 21.8. The number of hydrogen-bond donors (Lipinski definition) is 0. The number of halogens is 1. The molecule has 6 heteroatoms. The second-order valence-corrected chi connectivity index (χ2v) is 8.24. The third-order valence-corrected chi connectivity index (χ3v) is 5.68. The number of carbonyl (C=O) groups excluding carboxylic acids is 2. The third kappa shape index (κ3) is 5.22. The Kier molecular flexibility index (Phi) is 6.18. The topological polar surface area (TPSA) is 46.6 Å². The molecule has 0 aromatic heterocycles. The van der Waals surface area contributed by atoms with E-state index in [2.05, 4.69) is 0 Å². The SMILES string of the molecule is Cc1cccc(CN2C(=O)S/C(=C/c3cccc(OCc4ccc(F)cc4)c3)C2=O)c1. The number of imide groups is 1. The fourth-order valence-electron chi connectivity index (χ4n) is 3.22. The minimum absolute atomic E-state index is 0.254. The van der Waals surface area contributed by atoms with Crippen LogP contribution in [0.1, 0.15) is 22.3 Å². The maximum Gasteiger partial charge on any atom is 0.293 e. The van der Waals surface area contributed by atoms with E-state index in [0.717, 1.165) is 34.0 Å². The molecular formula is C25H20FNO3S. The van der Waals surface area contributed by atoms with Crippen LogP contribution < -0.4 is 4.74 Å². The summed E-state index contributed by atoms with van der Waals surface area (Å²) in [5.74, 6) is 0.0355. The van der Waals surface area contributed by atoms with E-state index in [1.165, 1.54) is 17.0 Å². The van der Waals surface area contributed by atoms with Crippen molar-refractivity contribution in [2.75, 3.05) is 0 Å². The van der Waals surface area contributed by atoms with Crippen molar-refractivity contribution in [2.45, 2.75) is 20.1 Å². The van der Waals surface area contributed by atoms with Gasteiger partial charge in [0.15, 0.2) is 0 Å². The van der Waals surface area contributed by atoms with Gasteiger partial charge in [0.25, 0.3) is 11.1 Å². The summed E-state index contributed by atoms with van der Waals surface area (Å²) in [6.45, 7) is 2.53. The fraction of sp³-hybridized carbons (Fsp3) is 0.120. The van der Waals surface area contributed by atoms with Crippen LogP contribution in [0.25, 0.3) is 6.08 Å². The predicted molar refractivity (Wildman–Crippen MR) is 120 cm³/mol. The number of ether oxygens (including phenoxy) is 1. The maximum atomic E-state index is 13.0. The largest absolute Gasteiger partial charge is 0.489 e. The number of hydrogen-bond acceptors (Lipinski definition) is 4. The molecular weight excluding hydrogens is 413 g/mol. The molecule has 0 radical (unpaired) electrons. The average Bonchev–Trinajstić information content (AvgIpc) is 3.01. The van der Waals surface area contributed by atoms with Crippen LogP contribution in [0.2, 0.25) is 0 Å². The van der Waals surface area contributed by atoms with Gasteiger partial charge in [-0.25, -0.2) is 4.39 Å². The highest BCUT2D eigenvalue weighted by atomic mass is 32.2. The number of carbonyl (C=O) groups is 2. The van der Waals surface area contributed by atoms with Gasteiger partial charge in [-0.1, -0.05) is 54.1 Å². The summed E-state index contributed by atoms with van der Waals surface area (Å²) in [6, 6.07) is 21.2. The van der Waals surface area contributed by atoms with Gasteiger partial charge in [0.2, 0.25) is 0 Å². The van der Waals surface area contributed by atoms with Crippen molar-refractivity contribution < 1.29 is 18.7 Å². The molecule has 156 valence electrons. The molecule has 0 N–H and O–H groups in total. The van der Waals surface area contributed by atoms with Crippen LogP contribution >= 0.6 is 11.8 Å². The van der Waals surface area contributed by atoms with Gasteiger partial charge in [0, 0.05) is 0 Å². The molecule has 3 aromatic rings. The lowest BCUT2D eigenvalue weighted by Crippen LogP contribution is -2.27. The molecule has 0 spiro atoms. The van der Waals surface area contributed by atoms with Crippen molar-refractivity contribution in [1.82, 2.24) is 4.90 Å². The molecule has 0 saturated carbocycles. The van der Waals surface area contributed by atoms with Crippen molar-refractivity contribution in [1.29, 1.82) is 0 Å². The van der Waals surface area contributed by atoms with Gasteiger partial charge in [-0.15, -0.1) is 0 Å². The van der Waals surface area contributed by atoms with Gasteiger partial charge in [0.05, 0.1) is 11.4 Å². The molecule has 2 amide bonds. The summed E-state index contributed by atoms with van der Waals surface area (Å²) in [4.78, 5) is 26.8. The second-order valence-electron chi connectivity index (χ2n) is 7.24. The lowest BCUT2D eigenvalue weighted by molar-refractivity contribution is -0.123. The normalized spacial score (nSPS) is 15.0. The molecule has 0 unspecified atom stereocenters. The van der Waals surface area contributed by atoms with E-state index in [1.54, 1.807) is 24.3 Å². The summed E-state index contributed by atoms with van der Waals surface area (Å²) >= 11 is 0.940. The Morgan fingerprint density at radius 3 is 2.52 bits per heavy atom. The summed E-state index contributed by atoms with van der Waals surface area (Å²) in [5, 5.41) is -0.276. The number of amides is 2. The quantitative estimate of drug-likeness (QED) is 0.451. The second kappa shape index (κ2) is 9.18. The molecule has 1 fully saturated rings. The van der Waals surface area contributed by atoms with Crippen LogP contribution in [0.4, 0.5) is 9.18 Å². The van der Waals surface area contributed by atoms with Crippen molar-refractivity contribution in [3.63, 3.8) is 0 Å². The summed E-state index contributed by atoms with van der Waals surface area (Å²) < 4.78 is 18.8. The van der Waals surface area contributed by atoms with Crippen molar-refractivity contribution in [3.05, 3.63) is 106 Å². The molecule has 0 bridgehead atoms. The standard InChI is InChI=1S/C25H20FNO3S/c1-17-4-2-6-20(12-17)15-27-24(28)23(31-25(27)29)14-19-5-3-7-22(13-19)30-16-18-8-10-21(26)11-9-18/h2-14H,15-16H2,1H3/b23-14+. The van der Waals surface area contributed by atoms with Gasteiger partial charge in [-0.3, -0.25) is 14.5 Å². The highest BCUT2D eigenvalue weighted by Crippen LogP contribution is 2.33. The lowest BCUT2D eigenvalue weighted by Gasteiger charge is -2.12. The summed E-state index contributed by atoms with van der Waals surface area (Å²) in [5.41, 5.74) is 3.61. The monoisotopic (exact) mass is 433 g/mol. The Bertz CT molecular complexity index is 1160. The van der Waals surface area contributed by atoms with Gasteiger partial charge in [-0.05, 0) is 65.7 Å². The molecule has 0 aliphatic carbocycles. The van der Waals surface area contributed by atoms with Crippen LogP contribution in [0.5, 0.6) is 5.75 Å². The van der Waals surface area contributed by atoms with E-state index in [1.807, 2.05) is 49.4 Å². The third-order valence-electron chi connectivity index (χ3n) is 4.77. The maximum absolute atomic E-state index is 13.0. The fourth-order valence-corrected chi connectivity index (χ4v) is 4.06. The summed E-state index contributed by atoms with van der Waals surface area (Å²) in [7, 11) is 0. The van der Waals surface area contributed by atoms with E-state index in [-0.39, 0.29) is 23.5 Å². The molecule has 1 heterocycles. The van der Waals surface area contributed by atoms with Gasteiger partial charge in [0.1, 0.15) is 18.2 Å². The first-order valence-corrected chi connectivity index (χ1v) is 10.6. The van der Waals surface area contributed by atoms with Crippen molar-refractivity contribution in [2.24, 2.45) is 0 Å². The molecule has 4 nitrogen and oxygen atoms in total. The number of rotatable bonds is 6. The van der Waals surface area contributed by atoms with Crippen LogP contribution in [-0.2, 0) is 17.9 Å². The van der Waals surface area contributed by atoms with E-state index in [9.17, 15) is 14.0 Å². The summed E-state index contributed by atoms with van der Waals surface area (Å²) in [6.07, 6.45) is 1.70. The number of benzene rings is 3. The zero-order valence-corrected chi connectivity index (χ0v) is 17.7. The Hall–Kier alpha value is -3.38. The lowest BCUT2D eigenvalue weighted by atomic mass is 10.1. The highest BCUT2D eigenvalue weighted by Gasteiger charge is 2.34. The van der Waals surface area contributed by atoms with Gasteiger partial charge >= 0.3 is 0 Å². The molecule has 31 heavy (non-hydrogen) atoms. The average molecular weight is 434 g/mol. The molecule has 4 rings (SSSR count). The first-order valence-electron chi connectivity index (χ1n) is 9.76. The van der Waals surface area contributed by atoms with Gasteiger partial charge in [-0.2, -0.15) is 0 Å². The minimum atomic E-state index is -0.297. The predicted octanol–water partition coefficient (Wildman–Crippen LogP) is 5.95. The number of aryl methyl sites for hydroxylation is 1. The molecule has 0 atom stereocenters. The first kappa shape index (κ1) is 20.9. The number of thioether (sulfide) groups is 1. The molecule has 1 aliphatic heterocycles. The van der Waals surface area contributed by atoms with E-state index >= 15 is 0 Å². The van der Waals surface area contributed by atoms with Crippen LogP contribution in [0.3, 0.4) is 0 Å². The zero-order valence-electron chi connectivity index (χ0n) is 16.9. The molecule has 1 saturated heterocycles. The Labute approximate surface area is 184 Å². The van der Waals surface area contributed by atoms with Crippen molar-refractivity contribution in [3.8, 4) is 5.75 Å². The highest BCUT2D eigenvalue weighted by molar-refractivity contribution is 8.18. The van der Waals surface area contributed by atoms with E-state index < -0.39 is 0 Å². The Morgan fingerprint density at radius 2 is 1.74 bits per heavy atom. The smallest absolute Gasteiger partial charge is 0.293 e. The van der Waals surface area contributed by atoms with Crippen LogP contribution in [0, 0.1) is 12.7 Å². The Morgan fingerprint density at radius 1 is 0.968 bits per heavy atom. The molecule has 3 aromatic carbocycles. The minimum Gasteiger partial charge on any atom is -0.489 e. The first-order chi connectivity index (χ1) is 15.0. The van der Waals surface area contributed by atoms with Crippen molar-refractivity contribution >= 4 is 29.0 Å². The van der Waals surface area contributed by atoms with Crippen LogP contribution in [-0.4, -0.2) is 16.0 Å². The van der Waals surface area contributed by atoms with Gasteiger partial charge < -0.3 is 4.74 Å². The number of nitrogens with zero attached hydrogens (tertiary/aromatic N) is 1. The van der Waals surface area contributed by atoms with E-state index in [0.29, 0.717) is 17.3 Å². The van der Waals surface area contributed by atoms with E-state index in [4.69, 9.17) is 4.74 Å².